The summed E-state index contributed by atoms with van der Waals surface area (Å²) in [5.74, 6) is 1.41. The van der Waals surface area contributed by atoms with Crippen molar-refractivity contribution in [2.24, 2.45) is 5.92 Å². The molecule has 0 spiro atoms. The summed E-state index contributed by atoms with van der Waals surface area (Å²) in [5, 5.41) is 88.7. The molecule has 3 fully saturated rings. The third-order valence-corrected chi connectivity index (χ3v) is 17.0. The van der Waals surface area contributed by atoms with Gasteiger partial charge in [0.2, 0.25) is 0 Å². The van der Waals surface area contributed by atoms with E-state index in [-0.39, 0.29) is 33.5 Å². The van der Waals surface area contributed by atoms with Crippen LogP contribution in [-0.2, 0) is 52.5 Å². The van der Waals surface area contributed by atoms with Crippen molar-refractivity contribution in [3.63, 3.8) is 0 Å². The minimum Gasteiger partial charge on any atom is -0.494 e. The number of benzene rings is 6. The molecule has 0 aliphatic carbocycles. The zero-order valence-electron chi connectivity index (χ0n) is 53.6. The lowest BCUT2D eigenvalue weighted by atomic mass is 9.84. The Balaban J connectivity index is 0.000000295. The Labute approximate surface area is 574 Å². The van der Waals surface area contributed by atoms with Crippen LogP contribution >= 0.6 is 34.8 Å². The SMILES string of the molecule is C.C.CCO.CCOc1ccc(Cc2cc([C@@H]3O[C@H](CC)[C@@H](C)[C@H](OC(C)=O)[C@H]3OC(C)=O)ccc2Cl)cc1.CCOc1ccc(Cc2cc([C@@H]3O[C@H](CO)[C@@H](O)[C@H](O)[C@H]3O)ccc2Cl)cc1.CCOc1ccc(Cc2cc([C@@H]3O[C@H](CO)[C@@H](O)[C@H](O)[C@H]3O)ccc2Cl)cc1. The Morgan fingerprint density at radius 1 is 0.421 bits per heavy atom. The fourth-order valence-corrected chi connectivity index (χ4v) is 11.8. The van der Waals surface area contributed by atoms with E-state index in [4.69, 9.17) is 77.8 Å². The van der Waals surface area contributed by atoms with Gasteiger partial charge < -0.3 is 83.9 Å². The summed E-state index contributed by atoms with van der Waals surface area (Å²) in [4.78, 5) is 23.8. The van der Waals surface area contributed by atoms with Crippen LogP contribution in [0.3, 0.4) is 0 Å². The van der Waals surface area contributed by atoms with Gasteiger partial charge in [0, 0.05) is 41.4 Å². The third kappa shape index (κ3) is 22.5. The van der Waals surface area contributed by atoms with E-state index in [2.05, 4.69) is 0 Å². The van der Waals surface area contributed by atoms with Crippen molar-refractivity contribution in [1.29, 1.82) is 0 Å². The van der Waals surface area contributed by atoms with Crippen molar-refractivity contribution >= 4 is 46.7 Å². The van der Waals surface area contributed by atoms with Gasteiger partial charge >= 0.3 is 11.9 Å². The summed E-state index contributed by atoms with van der Waals surface area (Å²) >= 11 is 19.2. The van der Waals surface area contributed by atoms with Crippen molar-refractivity contribution in [3.05, 3.63) is 193 Å². The van der Waals surface area contributed by atoms with Gasteiger partial charge in [0.05, 0.1) is 39.1 Å². The van der Waals surface area contributed by atoms with Crippen LogP contribution in [0.15, 0.2) is 127 Å². The standard InChI is InChI=1S/C27H33ClO6.2C21H25ClO6.C2H6O.2CH4/c1-6-24-16(3)25(32-17(4)29)27(33-18(5)30)26(34-24)20-10-13-23(28)21(15-20)14-19-8-11-22(12-9-19)31-7-2;2*1-2-27-15-6-3-12(4-7-15)9-14-10-13(5-8-16(14)22)21-20(26)19(25)18(24)17(11-23)28-21;1-2-3;;/h8-13,15-16,24-27H,6-7,14H2,1-5H3;2*3-8,10,17-21,23-26H,2,9,11H2,1H3;3H,2H2,1H3;2*1H4/t16-,24-,25+,26+,27-;2*17-,18-,19+,20-,21+;;;/m111.../s1. The molecular weight excluding hydrogens is 1290 g/mol. The normalized spacial score (nSPS) is 25.2. The molecular formula is C73H97Cl3O19. The predicted octanol–water partition coefficient (Wildman–Crippen LogP) is 10.6. The molecule has 0 radical (unpaired) electrons. The highest BCUT2D eigenvalue weighted by molar-refractivity contribution is 6.32. The van der Waals surface area contributed by atoms with E-state index in [1.54, 1.807) is 31.2 Å². The summed E-state index contributed by atoms with van der Waals surface area (Å²) in [5.41, 5.74) is 7.79. The molecule has 524 valence electrons. The van der Waals surface area contributed by atoms with Crippen LogP contribution in [-0.4, -0.2) is 165 Å². The van der Waals surface area contributed by atoms with Crippen LogP contribution < -0.4 is 14.2 Å². The molecule has 95 heavy (non-hydrogen) atoms. The molecule has 22 heteroatoms. The second kappa shape index (κ2) is 40.1. The van der Waals surface area contributed by atoms with Crippen molar-refractivity contribution < 1.29 is 93.4 Å². The summed E-state index contributed by atoms with van der Waals surface area (Å²) in [6.45, 7) is 15.3. The first-order valence-corrected chi connectivity index (χ1v) is 32.4. The van der Waals surface area contributed by atoms with Gasteiger partial charge in [-0.15, -0.1) is 0 Å². The maximum Gasteiger partial charge on any atom is 0.303 e. The molecule has 9 N–H and O–H groups in total. The topological polar surface area (TPSA) is 290 Å². The van der Waals surface area contributed by atoms with E-state index in [1.165, 1.54) is 13.8 Å². The third-order valence-electron chi connectivity index (χ3n) is 15.9. The molecule has 6 aromatic carbocycles. The minimum atomic E-state index is -1.42. The molecule has 3 saturated heterocycles. The summed E-state index contributed by atoms with van der Waals surface area (Å²) in [7, 11) is 0. The predicted molar refractivity (Wildman–Crippen MR) is 365 cm³/mol. The fourth-order valence-electron chi connectivity index (χ4n) is 11.2. The van der Waals surface area contributed by atoms with Crippen molar-refractivity contribution in [2.75, 3.05) is 39.6 Å². The Bertz CT molecular complexity index is 3110. The molecule has 3 aliphatic heterocycles. The Hall–Kier alpha value is -5.95. The first-order valence-electron chi connectivity index (χ1n) is 31.2. The Kier molecular flexibility index (Phi) is 34.4. The highest BCUT2D eigenvalue weighted by Crippen LogP contribution is 2.42. The Morgan fingerprint density at radius 3 is 1.00 bits per heavy atom. The van der Waals surface area contributed by atoms with Gasteiger partial charge in [0.1, 0.15) is 90.5 Å². The second-order valence-electron chi connectivity index (χ2n) is 22.6. The molecule has 0 aromatic heterocycles. The second-order valence-corrected chi connectivity index (χ2v) is 23.9. The molecule has 3 heterocycles. The monoisotopic (exact) mass is 1380 g/mol. The van der Waals surface area contributed by atoms with Crippen molar-refractivity contribution in [1.82, 2.24) is 0 Å². The molecule has 0 amide bonds. The lowest BCUT2D eigenvalue weighted by Crippen LogP contribution is -2.55. The van der Waals surface area contributed by atoms with E-state index in [9.17, 15) is 50.4 Å². The van der Waals surface area contributed by atoms with E-state index < -0.39 is 105 Å². The van der Waals surface area contributed by atoms with Crippen LogP contribution in [0.4, 0.5) is 0 Å². The molecule has 19 nitrogen and oxygen atoms in total. The van der Waals surface area contributed by atoms with Crippen molar-refractivity contribution in [3.8, 4) is 17.2 Å². The summed E-state index contributed by atoms with van der Waals surface area (Å²) in [6, 6.07) is 39.5. The molecule has 15 atom stereocenters. The molecule has 0 unspecified atom stereocenters. The van der Waals surface area contributed by atoms with Crippen LogP contribution in [0.2, 0.25) is 15.1 Å². The summed E-state index contributed by atoms with van der Waals surface area (Å²) in [6.07, 6.45) is -11.6. The number of aliphatic hydroxyl groups excluding tert-OH is 9. The number of rotatable bonds is 20. The molecule has 0 saturated carbocycles. The number of carbonyl (C=O) groups excluding carboxylic acids is 2. The first-order chi connectivity index (χ1) is 44.5. The van der Waals surface area contributed by atoms with E-state index in [0.717, 1.165) is 62.6 Å². The first kappa shape index (κ1) is 81.5. The number of hydrogen-bond donors (Lipinski definition) is 9. The molecule has 6 aromatic rings. The number of esters is 2. The highest BCUT2D eigenvalue weighted by atomic mass is 35.5. The average Bonchev–Trinajstić information content (AvgIpc) is 0.828. The highest BCUT2D eigenvalue weighted by Gasteiger charge is 2.49. The van der Waals surface area contributed by atoms with Crippen LogP contribution in [0, 0.1) is 5.92 Å². The number of carbonyl (C=O) groups is 2. The number of ether oxygens (including phenoxy) is 8. The maximum atomic E-state index is 12.0. The van der Waals surface area contributed by atoms with Gasteiger partial charge in [-0.2, -0.15) is 0 Å². The number of halogens is 3. The maximum absolute atomic E-state index is 12.0. The zero-order chi connectivity index (χ0) is 68.1. The molecule has 9 rings (SSSR count). The quantitative estimate of drug-likeness (QED) is 0.0321. The van der Waals surface area contributed by atoms with Gasteiger partial charge in [0.15, 0.2) is 6.10 Å². The fraction of sp³-hybridized carbons (Fsp3) is 0.479. The molecule has 3 aliphatic rings. The van der Waals surface area contributed by atoms with Gasteiger partial charge in [0.25, 0.3) is 0 Å². The molecule has 0 bridgehead atoms. The smallest absolute Gasteiger partial charge is 0.303 e. The van der Waals surface area contributed by atoms with Gasteiger partial charge in [-0.05, 0) is 158 Å². The number of hydrogen-bond acceptors (Lipinski definition) is 19. The van der Waals surface area contributed by atoms with Crippen molar-refractivity contribution in [2.45, 2.75) is 181 Å². The van der Waals surface area contributed by atoms with Crippen LogP contribution in [0.1, 0.15) is 145 Å². The van der Waals surface area contributed by atoms with E-state index in [0.29, 0.717) is 65.3 Å². The van der Waals surface area contributed by atoms with Crippen LogP contribution in [0.25, 0.3) is 0 Å². The van der Waals surface area contributed by atoms with Crippen LogP contribution in [0.5, 0.6) is 17.2 Å². The van der Waals surface area contributed by atoms with E-state index >= 15 is 0 Å². The average molecular weight is 1380 g/mol. The van der Waals surface area contributed by atoms with Gasteiger partial charge in [-0.25, -0.2) is 0 Å². The lowest BCUT2D eigenvalue weighted by molar-refractivity contribution is -0.231. The largest absolute Gasteiger partial charge is 0.494 e. The lowest BCUT2D eigenvalue weighted by Gasteiger charge is -2.44. The Morgan fingerprint density at radius 2 is 0.716 bits per heavy atom. The van der Waals surface area contributed by atoms with Gasteiger partial charge in [-0.1, -0.05) is 136 Å². The summed E-state index contributed by atoms with van der Waals surface area (Å²) < 4.78 is 45.4. The van der Waals surface area contributed by atoms with E-state index in [1.807, 2.05) is 138 Å². The minimum absolute atomic E-state index is 0. The zero-order valence-corrected chi connectivity index (χ0v) is 55.9. The number of aliphatic hydroxyl groups is 9. The van der Waals surface area contributed by atoms with Gasteiger partial charge in [-0.3, -0.25) is 9.59 Å².